The van der Waals surface area contributed by atoms with Crippen molar-refractivity contribution in [1.82, 2.24) is 4.90 Å². The topological polar surface area (TPSA) is 41.6 Å². The smallest absolute Gasteiger partial charge is 0.410 e. The minimum absolute atomic E-state index is 0.377. The van der Waals surface area contributed by atoms with Crippen LogP contribution in [0, 0.1) is 0 Å². The Labute approximate surface area is 83.5 Å². The summed E-state index contributed by atoms with van der Waals surface area (Å²) in [5.74, 6) is 0.538. The molecule has 0 saturated heterocycles. The molecular formula is C10H14N2O2. The molecule has 0 aromatic heterocycles. The molecule has 0 bridgehead atoms. The first-order chi connectivity index (χ1) is 6.63. The molecule has 76 valence electrons. The largest absolute Gasteiger partial charge is 0.414 e. The van der Waals surface area contributed by atoms with E-state index in [0.717, 1.165) is 5.69 Å². The van der Waals surface area contributed by atoms with E-state index in [-0.39, 0.29) is 6.09 Å². The highest BCUT2D eigenvalue weighted by molar-refractivity contribution is 5.70. The molecule has 4 heteroatoms. The lowest BCUT2D eigenvalue weighted by molar-refractivity contribution is 0.172. The Balaban J connectivity index is 2.72. The third-order valence-corrected chi connectivity index (χ3v) is 1.69. The van der Waals surface area contributed by atoms with Crippen LogP contribution in [-0.4, -0.2) is 32.1 Å². The molecule has 14 heavy (non-hydrogen) atoms. The van der Waals surface area contributed by atoms with E-state index in [2.05, 4.69) is 5.32 Å². The van der Waals surface area contributed by atoms with Crippen molar-refractivity contribution in [2.24, 2.45) is 0 Å². The molecule has 0 spiro atoms. The average molecular weight is 194 g/mol. The fourth-order valence-electron chi connectivity index (χ4n) is 0.907. The highest BCUT2D eigenvalue weighted by Crippen LogP contribution is 2.17. The maximum atomic E-state index is 11.2. The zero-order valence-corrected chi connectivity index (χ0v) is 8.57. The molecule has 1 aromatic carbocycles. The van der Waals surface area contributed by atoms with Gasteiger partial charge in [-0.1, -0.05) is 6.07 Å². The number of hydrogen-bond acceptors (Lipinski definition) is 3. The lowest BCUT2D eigenvalue weighted by Gasteiger charge is -2.11. The lowest BCUT2D eigenvalue weighted by atomic mass is 10.3. The first-order valence-electron chi connectivity index (χ1n) is 4.30. The molecule has 0 fully saturated rings. The summed E-state index contributed by atoms with van der Waals surface area (Å²) in [7, 11) is 5.10. The van der Waals surface area contributed by atoms with Crippen molar-refractivity contribution in [1.29, 1.82) is 0 Å². The Morgan fingerprint density at radius 2 is 2.14 bits per heavy atom. The highest BCUT2D eigenvalue weighted by Gasteiger charge is 2.06. The summed E-state index contributed by atoms with van der Waals surface area (Å²) in [5, 5.41) is 2.96. The van der Waals surface area contributed by atoms with Crippen LogP contribution in [0.4, 0.5) is 10.5 Å². The van der Waals surface area contributed by atoms with Crippen molar-refractivity contribution in [3.8, 4) is 5.75 Å². The molecule has 1 N–H and O–H groups in total. The van der Waals surface area contributed by atoms with Crippen LogP contribution >= 0.6 is 0 Å². The van der Waals surface area contributed by atoms with Gasteiger partial charge in [0.05, 0.1) is 0 Å². The molecule has 4 nitrogen and oxygen atoms in total. The summed E-state index contributed by atoms with van der Waals surface area (Å²) >= 11 is 0. The number of ether oxygens (including phenoxy) is 1. The number of nitrogens with one attached hydrogen (secondary N) is 1. The number of hydrogen-bond donors (Lipinski definition) is 1. The second kappa shape index (κ2) is 4.50. The summed E-state index contributed by atoms with van der Waals surface area (Å²) in [4.78, 5) is 12.6. The first-order valence-corrected chi connectivity index (χ1v) is 4.30. The molecule has 0 unspecified atom stereocenters. The van der Waals surface area contributed by atoms with Gasteiger partial charge in [0.25, 0.3) is 0 Å². The predicted octanol–water partition coefficient (Wildman–Crippen LogP) is 1.79. The van der Waals surface area contributed by atoms with Crippen LogP contribution in [0.3, 0.4) is 0 Å². The molecule has 0 atom stereocenters. The van der Waals surface area contributed by atoms with Gasteiger partial charge in [-0.15, -0.1) is 0 Å². The van der Waals surface area contributed by atoms with Gasteiger partial charge in [-0.25, -0.2) is 4.79 Å². The quantitative estimate of drug-likeness (QED) is 0.780. The molecule has 0 aliphatic carbocycles. The van der Waals surface area contributed by atoms with Crippen LogP contribution in [0.15, 0.2) is 24.3 Å². The van der Waals surface area contributed by atoms with Gasteiger partial charge in [-0.3, -0.25) is 0 Å². The first kappa shape index (κ1) is 10.4. The van der Waals surface area contributed by atoms with Crippen molar-refractivity contribution in [3.63, 3.8) is 0 Å². The fraction of sp³-hybridized carbons (Fsp3) is 0.300. The molecule has 1 rings (SSSR count). The Bertz CT molecular complexity index is 324. The van der Waals surface area contributed by atoms with Gasteiger partial charge in [0.2, 0.25) is 0 Å². The van der Waals surface area contributed by atoms with Crippen LogP contribution in [0.2, 0.25) is 0 Å². The second-order valence-electron chi connectivity index (χ2n) is 3.04. The standard InChI is InChI=1S/C10H14N2O2/c1-11-8-5-4-6-9(7-8)14-10(13)12(2)3/h4-7,11H,1-3H3. The Kier molecular flexibility index (Phi) is 3.34. The minimum atomic E-state index is -0.377. The number of anilines is 1. The lowest BCUT2D eigenvalue weighted by Crippen LogP contribution is -2.25. The fourth-order valence-corrected chi connectivity index (χ4v) is 0.907. The molecule has 1 aromatic rings. The Morgan fingerprint density at radius 3 is 2.71 bits per heavy atom. The van der Waals surface area contributed by atoms with E-state index in [1.165, 1.54) is 4.90 Å². The van der Waals surface area contributed by atoms with Crippen molar-refractivity contribution in [3.05, 3.63) is 24.3 Å². The molecule has 0 heterocycles. The SMILES string of the molecule is CNc1cccc(OC(=O)N(C)C)c1. The summed E-state index contributed by atoms with van der Waals surface area (Å²) in [6, 6.07) is 7.22. The minimum Gasteiger partial charge on any atom is -0.410 e. The summed E-state index contributed by atoms with van der Waals surface area (Å²) in [6.45, 7) is 0. The second-order valence-corrected chi connectivity index (χ2v) is 3.04. The van der Waals surface area contributed by atoms with Crippen molar-refractivity contribution >= 4 is 11.8 Å². The van der Waals surface area contributed by atoms with E-state index in [4.69, 9.17) is 4.74 Å². The molecule has 0 saturated carbocycles. The van der Waals surface area contributed by atoms with Gasteiger partial charge in [0.15, 0.2) is 0 Å². The van der Waals surface area contributed by atoms with E-state index in [1.807, 2.05) is 19.2 Å². The molecule has 1 amide bonds. The van der Waals surface area contributed by atoms with Crippen molar-refractivity contribution in [2.75, 3.05) is 26.5 Å². The van der Waals surface area contributed by atoms with Gasteiger partial charge in [-0.2, -0.15) is 0 Å². The number of rotatable bonds is 2. The molecular weight excluding hydrogens is 180 g/mol. The monoisotopic (exact) mass is 194 g/mol. The average Bonchev–Trinajstić information content (AvgIpc) is 2.18. The third-order valence-electron chi connectivity index (χ3n) is 1.69. The molecule has 0 radical (unpaired) electrons. The van der Waals surface area contributed by atoms with Gasteiger partial charge in [-0.05, 0) is 12.1 Å². The molecule has 0 aliphatic heterocycles. The van der Waals surface area contributed by atoms with Crippen molar-refractivity contribution in [2.45, 2.75) is 0 Å². The van der Waals surface area contributed by atoms with Gasteiger partial charge in [0, 0.05) is 32.9 Å². The number of carbonyl (C=O) groups is 1. The van der Waals surface area contributed by atoms with Crippen LogP contribution in [0.1, 0.15) is 0 Å². The normalized spacial score (nSPS) is 9.36. The Morgan fingerprint density at radius 1 is 1.43 bits per heavy atom. The Hall–Kier alpha value is -1.71. The number of carbonyl (C=O) groups excluding carboxylic acids is 1. The van der Waals surface area contributed by atoms with Crippen LogP contribution in [0.5, 0.6) is 5.75 Å². The van der Waals surface area contributed by atoms with Gasteiger partial charge in [0.1, 0.15) is 5.75 Å². The predicted molar refractivity (Wildman–Crippen MR) is 55.7 cm³/mol. The number of amides is 1. The van der Waals surface area contributed by atoms with Gasteiger partial charge >= 0.3 is 6.09 Å². The highest BCUT2D eigenvalue weighted by atomic mass is 16.6. The maximum absolute atomic E-state index is 11.2. The van der Waals surface area contributed by atoms with E-state index < -0.39 is 0 Å². The van der Waals surface area contributed by atoms with E-state index in [0.29, 0.717) is 5.75 Å². The molecule has 0 aliphatic rings. The van der Waals surface area contributed by atoms with E-state index in [9.17, 15) is 4.79 Å². The van der Waals surface area contributed by atoms with Crippen molar-refractivity contribution < 1.29 is 9.53 Å². The zero-order chi connectivity index (χ0) is 10.6. The maximum Gasteiger partial charge on any atom is 0.414 e. The van der Waals surface area contributed by atoms with E-state index in [1.54, 1.807) is 26.2 Å². The van der Waals surface area contributed by atoms with Crippen LogP contribution in [0.25, 0.3) is 0 Å². The number of benzene rings is 1. The number of nitrogens with zero attached hydrogens (tertiary/aromatic N) is 1. The van der Waals surface area contributed by atoms with Gasteiger partial charge < -0.3 is 15.0 Å². The summed E-state index contributed by atoms with van der Waals surface area (Å²) in [6.07, 6.45) is -0.377. The van der Waals surface area contributed by atoms with Crippen LogP contribution < -0.4 is 10.1 Å². The zero-order valence-electron chi connectivity index (χ0n) is 8.57. The van der Waals surface area contributed by atoms with Crippen LogP contribution in [-0.2, 0) is 0 Å². The summed E-state index contributed by atoms with van der Waals surface area (Å²) < 4.78 is 5.07. The summed E-state index contributed by atoms with van der Waals surface area (Å²) in [5.41, 5.74) is 0.911. The van der Waals surface area contributed by atoms with E-state index >= 15 is 0 Å². The third kappa shape index (κ3) is 2.65.